The first-order valence-corrected chi connectivity index (χ1v) is 5.73. The minimum absolute atomic E-state index is 0.0703. The van der Waals surface area contributed by atoms with E-state index in [2.05, 4.69) is 5.32 Å². The van der Waals surface area contributed by atoms with Crippen molar-refractivity contribution in [2.45, 2.75) is 45.1 Å². The number of nitrogens with one attached hydrogen (secondary N) is 1. The molecule has 0 bridgehead atoms. The molecule has 2 nitrogen and oxygen atoms in total. The first-order valence-electron chi connectivity index (χ1n) is 5.73. The zero-order chi connectivity index (χ0) is 14.0. The highest BCUT2D eigenvalue weighted by Crippen LogP contribution is 2.31. The fourth-order valence-corrected chi connectivity index (χ4v) is 1.46. The topological polar surface area (TPSA) is 32.3 Å². The molecule has 0 amide bonds. The van der Waals surface area contributed by atoms with Gasteiger partial charge >= 0.3 is 6.18 Å². The van der Waals surface area contributed by atoms with Crippen LogP contribution in [0.25, 0.3) is 0 Å². The van der Waals surface area contributed by atoms with E-state index < -0.39 is 17.3 Å². The predicted octanol–water partition coefficient (Wildman–Crippen LogP) is 2.95. The second-order valence-electron chi connectivity index (χ2n) is 4.91. The van der Waals surface area contributed by atoms with Gasteiger partial charge in [0.15, 0.2) is 0 Å². The van der Waals surface area contributed by atoms with Crippen molar-refractivity contribution in [3.8, 4) is 0 Å². The molecule has 0 aliphatic rings. The quantitative estimate of drug-likeness (QED) is 0.873. The summed E-state index contributed by atoms with van der Waals surface area (Å²) < 4.78 is 38.2. The number of hydrogen-bond donors (Lipinski definition) is 2. The second-order valence-corrected chi connectivity index (χ2v) is 4.91. The lowest BCUT2D eigenvalue weighted by Crippen LogP contribution is -2.44. The molecule has 2 N–H and O–H groups in total. The number of rotatable bonds is 4. The summed E-state index contributed by atoms with van der Waals surface area (Å²) in [7, 11) is 0. The molecule has 0 fully saturated rings. The summed E-state index contributed by atoms with van der Waals surface area (Å²) in [5.41, 5.74) is -1.44. The van der Waals surface area contributed by atoms with E-state index in [0.717, 1.165) is 6.07 Å². The molecule has 1 atom stereocenters. The number of halogens is 3. The Kier molecular flexibility index (Phi) is 4.40. The maximum atomic E-state index is 12.7. The van der Waals surface area contributed by atoms with Crippen LogP contribution in [-0.2, 0) is 12.7 Å². The summed E-state index contributed by atoms with van der Waals surface area (Å²) in [5, 5.41) is 12.6. The summed E-state index contributed by atoms with van der Waals surface area (Å²) in [6, 6.07) is 5.13. The van der Waals surface area contributed by atoms with Gasteiger partial charge in [-0.05, 0) is 32.4 Å². The van der Waals surface area contributed by atoms with Crippen molar-refractivity contribution >= 4 is 0 Å². The van der Waals surface area contributed by atoms with Crippen LogP contribution in [0.15, 0.2) is 24.3 Å². The Hall–Kier alpha value is -1.07. The van der Waals surface area contributed by atoms with Crippen LogP contribution < -0.4 is 5.32 Å². The highest BCUT2D eigenvalue weighted by Gasteiger charge is 2.33. The van der Waals surface area contributed by atoms with Crippen LogP contribution in [0.2, 0.25) is 0 Å². The van der Waals surface area contributed by atoms with Crippen LogP contribution >= 0.6 is 0 Å². The Labute approximate surface area is 105 Å². The molecule has 0 spiro atoms. The molecule has 1 aromatic rings. The molecule has 0 heterocycles. The zero-order valence-corrected chi connectivity index (χ0v) is 10.7. The smallest absolute Gasteiger partial charge is 0.389 e. The lowest BCUT2D eigenvalue weighted by Gasteiger charge is -2.27. The molecular formula is C13H18F3NO. The van der Waals surface area contributed by atoms with Gasteiger partial charge in [0, 0.05) is 12.6 Å². The predicted molar refractivity (Wildman–Crippen MR) is 64.0 cm³/mol. The Morgan fingerprint density at radius 2 is 1.78 bits per heavy atom. The minimum atomic E-state index is -4.35. The monoisotopic (exact) mass is 261 g/mol. The summed E-state index contributed by atoms with van der Waals surface area (Å²) in [5.74, 6) is 0. The number of hydrogen-bond acceptors (Lipinski definition) is 2. The molecule has 0 saturated heterocycles. The van der Waals surface area contributed by atoms with Crippen molar-refractivity contribution in [2.24, 2.45) is 0 Å². The summed E-state index contributed by atoms with van der Waals surface area (Å²) >= 11 is 0. The standard InChI is InChI=1S/C13H18F3NO/c1-9(12(2,3)18)17-8-10-6-4-5-7-11(10)13(14,15)16/h4-7,9,17-18H,8H2,1-3H3. The maximum Gasteiger partial charge on any atom is 0.416 e. The molecular weight excluding hydrogens is 243 g/mol. The third-order valence-corrected chi connectivity index (χ3v) is 2.98. The van der Waals surface area contributed by atoms with E-state index >= 15 is 0 Å². The summed E-state index contributed by atoms with van der Waals surface area (Å²) in [6.45, 7) is 5.03. The zero-order valence-electron chi connectivity index (χ0n) is 10.7. The minimum Gasteiger partial charge on any atom is -0.389 e. The third-order valence-electron chi connectivity index (χ3n) is 2.98. The second kappa shape index (κ2) is 5.28. The number of alkyl halides is 3. The average Bonchev–Trinajstić information content (AvgIpc) is 2.23. The van der Waals surface area contributed by atoms with Crippen LogP contribution in [0.4, 0.5) is 13.2 Å². The Morgan fingerprint density at radius 1 is 1.22 bits per heavy atom. The van der Waals surface area contributed by atoms with Crippen molar-refractivity contribution < 1.29 is 18.3 Å². The average molecular weight is 261 g/mol. The van der Waals surface area contributed by atoms with Gasteiger partial charge in [0.2, 0.25) is 0 Å². The van der Waals surface area contributed by atoms with Crippen molar-refractivity contribution in [3.63, 3.8) is 0 Å². The van der Waals surface area contributed by atoms with Gasteiger partial charge in [-0.3, -0.25) is 0 Å². The SMILES string of the molecule is CC(NCc1ccccc1C(F)(F)F)C(C)(C)O. The Balaban J connectivity index is 2.80. The first-order chi connectivity index (χ1) is 8.12. The fourth-order valence-electron chi connectivity index (χ4n) is 1.46. The molecule has 18 heavy (non-hydrogen) atoms. The van der Waals surface area contributed by atoms with Crippen molar-refractivity contribution in [3.05, 3.63) is 35.4 Å². The highest BCUT2D eigenvalue weighted by atomic mass is 19.4. The molecule has 0 radical (unpaired) electrons. The maximum absolute atomic E-state index is 12.7. The highest BCUT2D eigenvalue weighted by molar-refractivity contribution is 5.29. The lowest BCUT2D eigenvalue weighted by atomic mass is 10.00. The Morgan fingerprint density at radius 3 is 2.28 bits per heavy atom. The van der Waals surface area contributed by atoms with E-state index in [1.54, 1.807) is 26.8 Å². The van der Waals surface area contributed by atoms with Gasteiger partial charge in [0.05, 0.1) is 11.2 Å². The van der Waals surface area contributed by atoms with Gasteiger partial charge in [-0.15, -0.1) is 0 Å². The lowest BCUT2D eigenvalue weighted by molar-refractivity contribution is -0.138. The van der Waals surface area contributed by atoms with Crippen molar-refractivity contribution in [1.82, 2.24) is 5.32 Å². The van der Waals surface area contributed by atoms with E-state index in [-0.39, 0.29) is 18.2 Å². The largest absolute Gasteiger partial charge is 0.416 e. The Bertz CT molecular complexity index is 396. The third kappa shape index (κ3) is 3.99. The molecule has 0 aliphatic carbocycles. The molecule has 1 aromatic carbocycles. The van der Waals surface area contributed by atoms with Gasteiger partial charge < -0.3 is 10.4 Å². The molecule has 0 aliphatic heterocycles. The van der Waals surface area contributed by atoms with Crippen LogP contribution in [0.1, 0.15) is 31.9 Å². The van der Waals surface area contributed by atoms with E-state index in [9.17, 15) is 18.3 Å². The van der Waals surface area contributed by atoms with Gasteiger partial charge in [0.1, 0.15) is 0 Å². The van der Waals surface area contributed by atoms with Gasteiger partial charge in [-0.1, -0.05) is 18.2 Å². The van der Waals surface area contributed by atoms with Crippen LogP contribution in [0, 0.1) is 0 Å². The van der Waals surface area contributed by atoms with Crippen molar-refractivity contribution in [2.75, 3.05) is 0 Å². The summed E-state index contributed by atoms with van der Waals surface area (Å²) in [4.78, 5) is 0. The van der Waals surface area contributed by atoms with Crippen molar-refractivity contribution in [1.29, 1.82) is 0 Å². The summed E-state index contributed by atoms with van der Waals surface area (Å²) in [6.07, 6.45) is -4.35. The molecule has 0 aromatic heterocycles. The fraction of sp³-hybridized carbons (Fsp3) is 0.538. The van der Waals surface area contributed by atoms with Gasteiger partial charge in [-0.2, -0.15) is 13.2 Å². The van der Waals surface area contributed by atoms with E-state index in [1.807, 2.05) is 0 Å². The molecule has 1 rings (SSSR count). The normalized spacial score (nSPS) is 14.6. The van der Waals surface area contributed by atoms with E-state index in [4.69, 9.17) is 0 Å². The van der Waals surface area contributed by atoms with Crippen LogP contribution in [0.5, 0.6) is 0 Å². The molecule has 0 saturated carbocycles. The first kappa shape index (κ1) is 15.0. The van der Waals surface area contributed by atoms with Crippen LogP contribution in [0.3, 0.4) is 0 Å². The molecule has 102 valence electrons. The van der Waals surface area contributed by atoms with E-state index in [0.29, 0.717) is 0 Å². The van der Waals surface area contributed by atoms with Gasteiger partial charge in [0.25, 0.3) is 0 Å². The molecule has 1 unspecified atom stereocenters. The number of benzene rings is 1. The van der Waals surface area contributed by atoms with Gasteiger partial charge in [-0.25, -0.2) is 0 Å². The van der Waals surface area contributed by atoms with E-state index in [1.165, 1.54) is 12.1 Å². The van der Waals surface area contributed by atoms with Crippen LogP contribution in [-0.4, -0.2) is 16.7 Å². The number of aliphatic hydroxyl groups is 1. The molecule has 5 heteroatoms.